The molecule has 0 aliphatic carbocycles. The molecule has 0 radical (unpaired) electrons. The average molecular weight is 267 g/mol. The van der Waals surface area contributed by atoms with Crippen LogP contribution in [0.3, 0.4) is 0 Å². The van der Waals surface area contributed by atoms with E-state index in [1.165, 1.54) is 27.3 Å². The normalized spacial score (nSPS) is 11.2. The first-order valence-electron chi connectivity index (χ1n) is 6.63. The Morgan fingerprint density at radius 1 is 1.05 bits per heavy atom. The summed E-state index contributed by atoms with van der Waals surface area (Å²) < 4.78 is 1.49. The highest BCUT2D eigenvalue weighted by molar-refractivity contribution is 5.81. The molecule has 0 bridgehead atoms. The van der Waals surface area contributed by atoms with E-state index in [1.54, 1.807) is 0 Å². The third kappa shape index (κ3) is 1.84. The van der Waals surface area contributed by atoms with Crippen molar-refractivity contribution in [3.8, 4) is 11.1 Å². The Morgan fingerprint density at radius 2 is 1.70 bits per heavy atom. The Morgan fingerprint density at radius 3 is 2.35 bits per heavy atom. The summed E-state index contributed by atoms with van der Waals surface area (Å²) in [5.74, 6) is 0. The summed E-state index contributed by atoms with van der Waals surface area (Å²) in [6.45, 7) is 8.11. The quantitative estimate of drug-likeness (QED) is 0.737. The molecule has 1 N–H and O–H groups in total. The standard InChI is InChI=1S/C16H17N3O/c1-9-5-10(2)15(11(3)6-9)13-8-17-19-14(20)7-12(4)18-16(13)19/h5-8,17H,1-4H3. The number of hydrogen-bond donors (Lipinski definition) is 1. The first-order chi connectivity index (χ1) is 9.47. The van der Waals surface area contributed by atoms with E-state index in [1.807, 2.05) is 13.1 Å². The van der Waals surface area contributed by atoms with Crippen molar-refractivity contribution in [2.24, 2.45) is 0 Å². The third-order valence-electron chi connectivity index (χ3n) is 3.57. The Balaban J connectivity index is 2.39. The molecule has 102 valence electrons. The zero-order chi connectivity index (χ0) is 14.4. The first kappa shape index (κ1) is 12.7. The van der Waals surface area contributed by atoms with Crippen LogP contribution in [0.1, 0.15) is 22.4 Å². The van der Waals surface area contributed by atoms with E-state index >= 15 is 0 Å². The topological polar surface area (TPSA) is 50.2 Å². The molecule has 0 saturated heterocycles. The van der Waals surface area contributed by atoms with Crippen LogP contribution in [0.25, 0.3) is 16.8 Å². The summed E-state index contributed by atoms with van der Waals surface area (Å²) in [7, 11) is 0. The molecule has 20 heavy (non-hydrogen) atoms. The molecular weight excluding hydrogens is 250 g/mol. The lowest BCUT2D eigenvalue weighted by Gasteiger charge is -2.10. The Bertz CT molecular complexity index is 848. The highest BCUT2D eigenvalue weighted by atomic mass is 16.1. The molecule has 0 aliphatic heterocycles. The van der Waals surface area contributed by atoms with E-state index in [0.29, 0.717) is 5.65 Å². The molecule has 3 aromatic rings. The fraction of sp³-hybridized carbons (Fsp3) is 0.250. The van der Waals surface area contributed by atoms with E-state index in [4.69, 9.17) is 0 Å². The second-order valence-electron chi connectivity index (χ2n) is 5.36. The molecule has 0 amide bonds. The average Bonchev–Trinajstić information content (AvgIpc) is 2.72. The number of hydrogen-bond acceptors (Lipinski definition) is 2. The maximum absolute atomic E-state index is 12.0. The molecule has 0 saturated carbocycles. The smallest absolute Gasteiger partial charge is 0.272 e. The largest absolute Gasteiger partial charge is 0.296 e. The lowest BCUT2D eigenvalue weighted by molar-refractivity contribution is 0.890. The number of aromatic amines is 1. The van der Waals surface area contributed by atoms with Gasteiger partial charge in [0.15, 0.2) is 5.65 Å². The van der Waals surface area contributed by atoms with Gasteiger partial charge in [0, 0.05) is 23.5 Å². The molecule has 0 spiro atoms. The minimum absolute atomic E-state index is 0.0823. The Kier molecular flexibility index (Phi) is 2.74. The molecule has 2 aromatic heterocycles. The summed E-state index contributed by atoms with van der Waals surface area (Å²) in [5.41, 5.74) is 7.08. The summed E-state index contributed by atoms with van der Waals surface area (Å²) in [6.07, 6.45) is 1.86. The van der Waals surface area contributed by atoms with Gasteiger partial charge < -0.3 is 0 Å². The van der Waals surface area contributed by atoms with Crippen molar-refractivity contribution in [1.82, 2.24) is 14.6 Å². The minimum atomic E-state index is -0.0823. The van der Waals surface area contributed by atoms with Crippen LogP contribution in [-0.4, -0.2) is 14.6 Å². The molecule has 2 heterocycles. The van der Waals surface area contributed by atoms with Gasteiger partial charge in [-0.25, -0.2) is 9.50 Å². The molecule has 0 fully saturated rings. The number of nitrogens with zero attached hydrogens (tertiary/aromatic N) is 2. The summed E-state index contributed by atoms with van der Waals surface area (Å²) in [4.78, 5) is 16.5. The second-order valence-corrected chi connectivity index (χ2v) is 5.36. The van der Waals surface area contributed by atoms with Crippen LogP contribution in [0, 0.1) is 27.7 Å². The molecule has 4 heteroatoms. The maximum atomic E-state index is 12.0. The van der Waals surface area contributed by atoms with Crippen LogP contribution in [0.15, 0.2) is 29.2 Å². The van der Waals surface area contributed by atoms with Gasteiger partial charge >= 0.3 is 0 Å². The van der Waals surface area contributed by atoms with Crippen molar-refractivity contribution in [2.45, 2.75) is 27.7 Å². The van der Waals surface area contributed by atoms with Gasteiger partial charge in [-0.1, -0.05) is 17.7 Å². The number of nitrogens with one attached hydrogen (secondary N) is 1. The molecule has 4 nitrogen and oxygen atoms in total. The van der Waals surface area contributed by atoms with E-state index in [-0.39, 0.29) is 5.56 Å². The van der Waals surface area contributed by atoms with Crippen molar-refractivity contribution in [3.05, 3.63) is 57.1 Å². The zero-order valence-corrected chi connectivity index (χ0v) is 12.1. The first-order valence-corrected chi connectivity index (χ1v) is 6.63. The van der Waals surface area contributed by atoms with Crippen molar-refractivity contribution < 1.29 is 0 Å². The monoisotopic (exact) mass is 267 g/mol. The van der Waals surface area contributed by atoms with E-state index in [0.717, 1.165) is 16.8 Å². The van der Waals surface area contributed by atoms with Gasteiger partial charge in [-0.15, -0.1) is 0 Å². The van der Waals surface area contributed by atoms with Crippen molar-refractivity contribution >= 4 is 5.65 Å². The maximum Gasteiger partial charge on any atom is 0.272 e. The molecular formula is C16H17N3O. The second kappa shape index (κ2) is 4.34. The molecule has 0 aliphatic rings. The van der Waals surface area contributed by atoms with E-state index in [9.17, 15) is 4.79 Å². The predicted octanol–water partition coefficient (Wildman–Crippen LogP) is 2.92. The summed E-state index contributed by atoms with van der Waals surface area (Å²) >= 11 is 0. The van der Waals surface area contributed by atoms with Gasteiger partial charge in [-0.2, -0.15) is 0 Å². The van der Waals surface area contributed by atoms with Crippen molar-refractivity contribution in [3.63, 3.8) is 0 Å². The minimum Gasteiger partial charge on any atom is -0.296 e. The SMILES string of the molecule is Cc1cc(C)c(-c2c[nH]n3c(=O)cc(C)nc23)c(C)c1. The fourth-order valence-electron chi connectivity index (χ4n) is 2.88. The highest BCUT2D eigenvalue weighted by Gasteiger charge is 2.14. The van der Waals surface area contributed by atoms with Crippen LogP contribution in [0.5, 0.6) is 0 Å². The van der Waals surface area contributed by atoms with Crippen molar-refractivity contribution in [1.29, 1.82) is 0 Å². The van der Waals surface area contributed by atoms with Gasteiger partial charge in [0.2, 0.25) is 0 Å². The van der Waals surface area contributed by atoms with Crippen molar-refractivity contribution in [2.75, 3.05) is 0 Å². The summed E-state index contributed by atoms with van der Waals surface area (Å²) in [5, 5.41) is 2.99. The summed E-state index contributed by atoms with van der Waals surface area (Å²) in [6, 6.07) is 5.83. The molecule has 1 aromatic carbocycles. The molecule has 0 atom stereocenters. The Labute approximate surface area is 117 Å². The number of H-pyrrole nitrogens is 1. The number of rotatable bonds is 1. The number of aromatic nitrogens is 3. The van der Waals surface area contributed by atoms with Gasteiger partial charge in [0.05, 0.1) is 0 Å². The lowest BCUT2D eigenvalue weighted by atomic mass is 9.95. The lowest BCUT2D eigenvalue weighted by Crippen LogP contribution is -2.14. The van der Waals surface area contributed by atoms with E-state index in [2.05, 4.69) is 43.0 Å². The molecule has 0 unspecified atom stereocenters. The predicted molar refractivity (Wildman–Crippen MR) is 80.2 cm³/mol. The number of aryl methyl sites for hydroxylation is 4. The van der Waals surface area contributed by atoms with Gasteiger partial charge in [-0.3, -0.25) is 9.89 Å². The van der Waals surface area contributed by atoms with Gasteiger partial charge in [0.25, 0.3) is 5.56 Å². The van der Waals surface area contributed by atoms with Gasteiger partial charge in [0.1, 0.15) is 0 Å². The fourth-order valence-corrected chi connectivity index (χ4v) is 2.88. The van der Waals surface area contributed by atoms with Gasteiger partial charge in [-0.05, 0) is 44.4 Å². The number of benzene rings is 1. The number of fused-ring (bicyclic) bond motifs is 1. The van der Waals surface area contributed by atoms with E-state index < -0.39 is 0 Å². The van der Waals surface area contributed by atoms with Crippen LogP contribution in [0.2, 0.25) is 0 Å². The van der Waals surface area contributed by atoms with Crippen LogP contribution >= 0.6 is 0 Å². The van der Waals surface area contributed by atoms with Crippen LogP contribution < -0.4 is 5.56 Å². The zero-order valence-electron chi connectivity index (χ0n) is 12.1. The van der Waals surface area contributed by atoms with Crippen LogP contribution in [-0.2, 0) is 0 Å². The highest BCUT2D eigenvalue weighted by Crippen LogP contribution is 2.30. The molecule has 3 rings (SSSR count). The Hall–Kier alpha value is -2.36. The van der Waals surface area contributed by atoms with Crippen LogP contribution in [0.4, 0.5) is 0 Å². The third-order valence-corrected chi connectivity index (χ3v) is 3.57.